The number of aryl methyl sites for hydroxylation is 1. The standard InChI is InChI=1S/C34H34N6O3/c1-23-37-30-4-2-3-29(33(30)34(43)40(23)31-14-13-28(41)19-32(31)42)36-21-25-5-7-26(8-6-25)22-38-15-17-39(18-16-38)27-11-9-24(20-35)10-12-27/h2-12,31,36H,13-19,21-22H2,1H3. The molecule has 2 aliphatic rings. The van der Waals surface area contributed by atoms with Crippen molar-refractivity contribution in [3.63, 3.8) is 0 Å². The fourth-order valence-corrected chi connectivity index (χ4v) is 6.13. The molecule has 4 aromatic rings. The van der Waals surface area contributed by atoms with Crippen LogP contribution in [0, 0.1) is 18.3 Å². The molecule has 2 heterocycles. The molecule has 1 aliphatic heterocycles. The van der Waals surface area contributed by atoms with Gasteiger partial charge in [0.25, 0.3) is 5.56 Å². The number of anilines is 2. The Balaban J connectivity index is 1.09. The minimum Gasteiger partial charge on any atom is -0.380 e. The van der Waals surface area contributed by atoms with E-state index < -0.39 is 6.04 Å². The molecule has 1 aliphatic carbocycles. The number of carbonyl (C=O) groups is 2. The van der Waals surface area contributed by atoms with Gasteiger partial charge in [-0.15, -0.1) is 0 Å². The molecule has 2 fully saturated rings. The molecule has 9 nitrogen and oxygen atoms in total. The van der Waals surface area contributed by atoms with Crippen molar-refractivity contribution in [2.45, 2.75) is 45.3 Å². The van der Waals surface area contributed by atoms with Gasteiger partial charge >= 0.3 is 0 Å². The van der Waals surface area contributed by atoms with Gasteiger partial charge in [0, 0.05) is 57.1 Å². The van der Waals surface area contributed by atoms with Crippen molar-refractivity contribution < 1.29 is 9.59 Å². The van der Waals surface area contributed by atoms with Crippen molar-refractivity contribution in [3.8, 4) is 6.07 Å². The Morgan fingerprint density at radius 1 is 0.930 bits per heavy atom. The number of carbonyl (C=O) groups excluding carboxylic acids is 2. The lowest BCUT2D eigenvalue weighted by molar-refractivity contribution is -0.132. The first-order chi connectivity index (χ1) is 20.9. The molecule has 1 saturated carbocycles. The maximum atomic E-state index is 13.7. The SMILES string of the molecule is Cc1nc2cccc(NCc3ccc(CN4CCN(c5ccc(C#N)cc5)CC4)cc3)c2c(=O)n1C1CCC(=O)CC1=O. The van der Waals surface area contributed by atoms with Crippen LogP contribution in [-0.2, 0) is 22.7 Å². The second-order valence-corrected chi connectivity index (χ2v) is 11.4. The normalized spacial score (nSPS) is 17.7. The van der Waals surface area contributed by atoms with Crippen LogP contribution in [0.5, 0.6) is 0 Å². The lowest BCUT2D eigenvalue weighted by Gasteiger charge is -2.36. The molecular weight excluding hydrogens is 540 g/mol. The highest BCUT2D eigenvalue weighted by Gasteiger charge is 2.31. The second-order valence-electron chi connectivity index (χ2n) is 11.4. The zero-order chi connectivity index (χ0) is 29.9. The molecule has 3 aromatic carbocycles. The van der Waals surface area contributed by atoms with Crippen molar-refractivity contribution in [2.75, 3.05) is 36.4 Å². The molecule has 6 rings (SSSR count). The number of rotatable bonds is 7. The lowest BCUT2D eigenvalue weighted by Crippen LogP contribution is -2.45. The number of nitrogens with one attached hydrogen (secondary N) is 1. The van der Waals surface area contributed by atoms with Gasteiger partial charge in [-0.2, -0.15) is 5.26 Å². The van der Waals surface area contributed by atoms with E-state index in [2.05, 4.69) is 50.4 Å². The number of ketones is 2. The molecule has 1 N–H and O–H groups in total. The van der Waals surface area contributed by atoms with Gasteiger partial charge in [-0.25, -0.2) is 4.98 Å². The highest BCUT2D eigenvalue weighted by atomic mass is 16.2. The number of Topliss-reactive ketones (excluding diaryl/α,β-unsaturated/α-hetero) is 2. The van der Waals surface area contributed by atoms with Crippen LogP contribution in [0.1, 0.15) is 47.8 Å². The van der Waals surface area contributed by atoms with E-state index in [-0.39, 0.29) is 23.5 Å². The van der Waals surface area contributed by atoms with Crippen LogP contribution in [0.15, 0.2) is 71.5 Å². The summed E-state index contributed by atoms with van der Waals surface area (Å²) in [5, 5.41) is 12.9. The summed E-state index contributed by atoms with van der Waals surface area (Å²) in [6, 6.07) is 23.4. The molecule has 1 saturated heterocycles. The van der Waals surface area contributed by atoms with E-state index in [0.29, 0.717) is 47.4 Å². The smallest absolute Gasteiger partial charge is 0.264 e. The highest BCUT2D eigenvalue weighted by molar-refractivity contribution is 6.03. The zero-order valence-corrected chi connectivity index (χ0v) is 24.3. The van der Waals surface area contributed by atoms with Gasteiger partial charge in [0.05, 0.1) is 35.0 Å². The third-order valence-electron chi connectivity index (χ3n) is 8.50. The van der Waals surface area contributed by atoms with Gasteiger partial charge < -0.3 is 10.2 Å². The number of fused-ring (bicyclic) bond motifs is 1. The van der Waals surface area contributed by atoms with E-state index in [0.717, 1.165) is 44.0 Å². The molecule has 0 spiro atoms. The summed E-state index contributed by atoms with van der Waals surface area (Å²) in [5.74, 6) is 0.186. The van der Waals surface area contributed by atoms with E-state index in [1.165, 1.54) is 10.1 Å². The molecule has 9 heteroatoms. The van der Waals surface area contributed by atoms with E-state index in [9.17, 15) is 14.4 Å². The Morgan fingerprint density at radius 3 is 2.35 bits per heavy atom. The van der Waals surface area contributed by atoms with Gasteiger partial charge in [0.2, 0.25) is 0 Å². The van der Waals surface area contributed by atoms with Gasteiger partial charge in [0.1, 0.15) is 11.6 Å². The van der Waals surface area contributed by atoms with Crippen LogP contribution in [0.4, 0.5) is 11.4 Å². The highest BCUT2D eigenvalue weighted by Crippen LogP contribution is 2.26. The number of piperazine rings is 1. The molecule has 43 heavy (non-hydrogen) atoms. The molecule has 1 unspecified atom stereocenters. The lowest BCUT2D eigenvalue weighted by atomic mass is 9.92. The molecule has 0 bridgehead atoms. The minimum absolute atomic E-state index is 0.0728. The zero-order valence-electron chi connectivity index (χ0n) is 24.3. The maximum absolute atomic E-state index is 13.7. The average Bonchev–Trinajstić information content (AvgIpc) is 3.02. The van der Waals surface area contributed by atoms with Crippen molar-refractivity contribution >= 4 is 33.8 Å². The fourth-order valence-electron chi connectivity index (χ4n) is 6.13. The van der Waals surface area contributed by atoms with E-state index >= 15 is 0 Å². The second kappa shape index (κ2) is 12.2. The largest absolute Gasteiger partial charge is 0.380 e. The van der Waals surface area contributed by atoms with E-state index in [1.54, 1.807) is 6.92 Å². The van der Waals surface area contributed by atoms with Crippen molar-refractivity contribution in [1.82, 2.24) is 14.5 Å². The first-order valence-corrected chi connectivity index (χ1v) is 14.7. The summed E-state index contributed by atoms with van der Waals surface area (Å²) in [7, 11) is 0. The number of hydrogen-bond donors (Lipinski definition) is 1. The van der Waals surface area contributed by atoms with Gasteiger partial charge in [-0.1, -0.05) is 30.3 Å². The van der Waals surface area contributed by atoms with Gasteiger partial charge in [-0.3, -0.25) is 23.9 Å². The van der Waals surface area contributed by atoms with E-state index in [4.69, 9.17) is 5.26 Å². The number of hydrogen-bond acceptors (Lipinski definition) is 8. The van der Waals surface area contributed by atoms with Crippen LogP contribution < -0.4 is 15.8 Å². The van der Waals surface area contributed by atoms with Crippen LogP contribution in [0.2, 0.25) is 0 Å². The predicted octanol–water partition coefficient (Wildman–Crippen LogP) is 4.37. The van der Waals surface area contributed by atoms with E-state index in [1.807, 2.05) is 42.5 Å². The monoisotopic (exact) mass is 574 g/mol. The number of nitriles is 1. The van der Waals surface area contributed by atoms with Gasteiger partial charge in [-0.05, 0) is 60.9 Å². The topological polar surface area (TPSA) is 111 Å². The van der Waals surface area contributed by atoms with Gasteiger partial charge in [0.15, 0.2) is 5.78 Å². The van der Waals surface area contributed by atoms with Crippen molar-refractivity contribution in [3.05, 3.63) is 99.6 Å². The minimum atomic E-state index is -0.651. The molecule has 1 aromatic heterocycles. The predicted molar refractivity (Wildman–Crippen MR) is 166 cm³/mol. The number of nitrogens with zero attached hydrogens (tertiary/aromatic N) is 5. The van der Waals surface area contributed by atoms with Crippen LogP contribution in [-0.4, -0.2) is 52.2 Å². The Morgan fingerprint density at radius 2 is 1.65 bits per heavy atom. The number of aromatic nitrogens is 2. The molecule has 1 atom stereocenters. The molecule has 0 amide bonds. The Hall–Kier alpha value is -4.81. The quantitative estimate of drug-likeness (QED) is 0.324. The van der Waals surface area contributed by atoms with Crippen molar-refractivity contribution in [2.24, 2.45) is 0 Å². The maximum Gasteiger partial charge on any atom is 0.264 e. The third-order valence-corrected chi connectivity index (χ3v) is 8.50. The summed E-state index contributed by atoms with van der Waals surface area (Å²) in [5.41, 5.74) is 5.18. The van der Waals surface area contributed by atoms with Crippen LogP contribution in [0.25, 0.3) is 10.9 Å². The Kier molecular flexibility index (Phi) is 8.03. The fraction of sp³-hybridized carbons (Fsp3) is 0.324. The van der Waals surface area contributed by atoms with Crippen LogP contribution in [0.3, 0.4) is 0 Å². The Bertz CT molecular complexity index is 1760. The van der Waals surface area contributed by atoms with Crippen LogP contribution >= 0.6 is 0 Å². The first kappa shape index (κ1) is 28.3. The molecule has 218 valence electrons. The van der Waals surface area contributed by atoms with Crippen molar-refractivity contribution in [1.29, 1.82) is 5.26 Å². The average molecular weight is 575 g/mol. The number of benzene rings is 3. The Labute approximate surface area is 250 Å². The summed E-state index contributed by atoms with van der Waals surface area (Å²) in [6.07, 6.45) is 0.505. The summed E-state index contributed by atoms with van der Waals surface area (Å²) < 4.78 is 1.47. The first-order valence-electron chi connectivity index (χ1n) is 14.7. The molecule has 0 radical (unpaired) electrons. The summed E-state index contributed by atoms with van der Waals surface area (Å²) in [6.45, 7) is 6.99. The summed E-state index contributed by atoms with van der Waals surface area (Å²) >= 11 is 0. The molecular formula is C34H34N6O3. The summed E-state index contributed by atoms with van der Waals surface area (Å²) in [4.78, 5) is 47.6. The third kappa shape index (κ3) is 6.06.